The highest BCUT2D eigenvalue weighted by molar-refractivity contribution is 6.30. The van der Waals surface area contributed by atoms with E-state index in [0.29, 0.717) is 37.0 Å². The summed E-state index contributed by atoms with van der Waals surface area (Å²) in [6, 6.07) is 6.98. The normalized spacial score (nSPS) is 31.6. The van der Waals surface area contributed by atoms with Crippen molar-refractivity contribution in [3.8, 4) is 0 Å². The Kier molecular flexibility index (Phi) is 10.6. The Balaban J connectivity index is 1.74. The minimum absolute atomic E-state index is 0.0320. The number of benzene rings is 1. The summed E-state index contributed by atoms with van der Waals surface area (Å²) in [6.07, 6.45) is 4.30. The number of halogens is 1. The predicted molar refractivity (Wildman–Crippen MR) is 175 cm³/mol. The molecule has 8 nitrogen and oxygen atoms in total. The number of aliphatic hydroxyl groups is 1. The Morgan fingerprint density at radius 2 is 1.64 bits per heavy atom. The first-order chi connectivity index (χ1) is 20.5. The Labute approximate surface area is 270 Å². The van der Waals surface area contributed by atoms with Crippen molar-refractivity contribution in [1.29, 1.82) is 0 Å². The van der Waals surface area contributed by atoms with E-state index in [1.54, 1.807) is 13.8 Å². The Hall–Kier alpha value is -2.00. The van der Waals surface area contributed by atoms with E-state index in [9.17, 15) is 14.7 Å². The van der Waals surface area contributed by atoms with Crippen molar-refractivity contribution in [2.45, 2.75) is 110 Å². The summed E-state index contributed by atoms with van der Waals surface area (Å²) in [6.45, 7) is 16.2. The van der Waals surface area contributed by atoms with Gasteiger partial charge in [0.05, 0.1) is 31.0 Å². The van der Waals surface area contributed by atoms with Gasteiger partial charge in [-0.1, -0.05) is 30.7 Å². The number of aliphatic hydroxyl groups excluding tert-OH is 1. The summed E-state index contributed by atoms with van der Waals surface area (Å²) in [5, 5.41) is 13.9. The van der Waals surface area contributed by atoms with Crippen LogP contribution in [0.15, 0.2) is 24.3 Å². The topological polar surface area (TPSA) is 90.0 Å². The van der Waals surface area contributed by atoms with Gasteiger partial charge in [-0.05, 0) is 90.8 Å². The van der Waals surface area contributed by atoms with E-state index in [0.717, 1.165) is 37.8 Å². The number of hydrogen-bond donors (Lipinski definition) is 2. The molecule has 5 atom stereocenters. The van der Waals surface area contributed by atoms with Crippen LogP contribution in [0.25, 0.3) is 0 Å². The first-order valence-corrected chi connectivity index (χ1v) is 17.0. The van der Waals surface area contributed by atoms with Crippen molar-refractivity contribution >= 4 is 29.3 Å². The summed E-state index contributed by atoms with van der Waals surface area (Å²) < 4.78 is -0.0320. The average molecular weight is 632 g/mol. The Morgan fingerprint density at radius 1 is 1.02 bits per heavy atom. The van der Waals surface area contributed by atoms with Crippen LogP contribution in [0.2, 0.25) is 5.02 Å². The van der Waals surface area contributed by atoms with E-state index in [1.165, 1.54) is 0 Å². The number of carbonyl (C=O) groups excluding carboxylic acids is 3. The molecular weight excluding hydrogens is 576 g/mol. The molecule has 0 aromatic heterocycles. The second-order valence-electron chi connectivity index (χ2n) is 15.6. The highest BCUT2D eigenvalue weighted by Gasteiger charge is 2.59. The van der Waals surface area contributed by atoms with Gasteiger partial charge in [0, 0.05) is 48.6 Å². The van der Waals surface area contributed by atoms with Crippen molar-refractivity contribution in [3.63, 3.8) is 0 Å². The zero-order chi connectivity index (χ0) is 32.6. The molecule has 1 aromatic rings. The number of carbonyl (C=O) groups is 3. The van der Waals surface area contributed by atoms with E-state index in [2.05, 4.69) is 37.9 Å². The third kappa shape index (κ3) is 7.03. The van der Waals surface area contributed by atoms with Gasteiger partial charge in [0.2, 0.25) is 5.91 Å². The van der Waals surface area contributed by atoms with Crippen molar-refractivity contribution in [2.75, 3.05) is 39.8 Å². The van der Waals surface area contributed by atoms with E-state index in [-0.39, 0.29) is 58.3 Å². The molecule has 44 heavy (non-hydrogen) atoms. The van der Waals surface area contributed by atoms with Gasteiger partial charge in [0.1, 0.15) is 6.54 Å². The van der Waals surface area contributed by atoms with Crippen LogP contribution in [0.4, 0.5) is 0 Å². The van der Waals surface area contributed by atoms with Crippen molar-refractivity contribution in [3.05, 3.63) is 34.9 Å². The van der Waals surface area contributed by atoms with Gasteiger partial charge < -0.3 is 15.3 Å². The zero-order valence-electron chi connectivity index (χ0n) is 28.2. The molecule has 4 rings (SSSR count). The molecular formula is C35H56ClN4O4+. The molecule has 1 aliphatic carbocycles. The van der Waals surface area contributed by atoms with Crippen LogP contribution in [-0.2, 0) is 14.4 Å². The summed E-state index contributed by atoms with van der Waals surface area (Å²) in [4.78, 5) is 47.3. The molecule has 1 unspecified atom stereocenters. The standard InChI is InChI=1S/C35H55ClN4O4/c1-9-37-31(42)30-18-27(39(33(44)35(6,7)22-41)26-16-10-23(2)11-17-26)21-40(30,8)32(43)29-20-38(34(3,4)5)19-28(29)24-12-14-25(36)15-13-24/h12-15,23,26-30,41H,9-11,16-22H2,1-8H3/p+1/t23-,26+,27-,28-,29+,30-,40?/m0/s1. The average Bonchev–Trinajstić information content (AvgIpc) is 3.57. The number of quaternary nitrogens is 1. The van der Waals surface area contributed by atoms with Crippen LogP contribution in [0.3, 0.4) is 0 Å². The Bertz CT molecular complexity index is 1190. The minimum Gasteiger partial charge on any atom is -0.395 e. The summed E-state index contributed by atoms with van der Waals surface area (Å²) in [5.74, 6) is 0.103. The van der Waals surface area contributed by atoms with Crippen LogP contribution in [0.5, 0.6) is 0 Å². The molecule has 9 heteroatoms. The number of likely N-dealkylation sites (tertiary alicyclic amines) is 2. The molecule has 2 saturated heterocycles. The quantitative estimate of drug-likeness (QED) is 0.401. The van der Waals surface area contributed by atoms with Gasteiger partial charge in [0.25, 0.3) is 5.91 Å². The maximum absolute atomic E-state index is 15.0. The molecule has 1 saturated carbocycles. The SMILES string of the molecule is CCNC(=O)[C@@H]1C[C@H](N(C(=O)C(C)(C)CO)[C@H]2CC[C@@H](C)CC2)C[N+]1(C)C(=O)[C@@H]1CN(C(C)(C)C)C[C@H]1c1ccc(Cl)cc1. The highest BCUT2D eigenvalue weighted by Crippen LogP contribution is 2.43. The van der Waals surface area contributed by atoms with E-state index in [1.807, 2.05) is 43.1 Å². The molecule has 3 amide bonds. The first kappa shape index (κ1) is 34.9. The monoisotopic (exact) mass is 631 g/mol. The van der Waals surface area contributed by atoms with Crippen molar-refractivity contribution in [2.24, 2.45) is 17.3 Å². The van der Waals surface area contributed by atoms with Gasteiger partial charge in [-0.25, -0.2) is 4.79 Å². The zero-order valence-corrected chi connectivity index (χ0v) is 29.0. The summed E-state index contributed by atoms with van der Waals surface area (Å²) in [7, 11) is 1.92. The number of nitrogens with zero attached hydrogens (tertiary/aromatic N) is 3. The number of amides is 3. The van der Waals surface area contributed by atoms with Crippen LogP contribution < -0.4 is 5.32 Å². The van der Waals surface area contributed by atoms with Gasteiger partial charge in [-0.2, -0.15) is 0 Å². The van der Waals surface area contributed by atoms with Gasteiger partial charge >= 0.3 is 5.91 Å². The third-order valence-electron chi connectivity index (χ3n) is 10.8. The van der Waals surface area contributed by atoms with Gasteiger partial charge in [0.15, 0.2) is 6.04 Å². The second kappa shape index (κ2) is 13.4. The first-order valence-electron chi connectivity index (χ1n) is 16.6. The van der Waals surface area contributed by atoms with Crippen LogP contribution in [-0.4, -0.2) is 101 Å². The van der Waals surface area contributed by atoms with Gasteiger partial charge in [-0.15, -0.1) is 0 Å². The Morgan fingerprint density at radius 3 is 2.18 bits per heavy atom. The number of likely N-dealkylation sites (N-methyl/N-ethyl adjacent to an activating group) is 2. The molecule has 2 N–H and O–H groups in total. The maximum Gasteiger partial charge on any atom is 0.319 e. The van der Waals surface area contributed by atoms with E-state index >= 15 is 4.79 Å². The highest BCUT2D eigenvalue weighted by atomic mass is 35.5. The fraction of sp³-hybridized carbons (Fsp3) is 0.743. The van der Waals surface area contributed by atoms with Crippen molar-refractivity contribution < 1.29 is 24.0 Å². The molecule has 0 bridgehead atoms. The van der Waals surface area contributed by atoms with E-state index < -0.39 is 11.5 Å². The molecule has 3 aliphatic rings. The summed E-state index contributed by atoms with van der Waals surface area (Å²) in [5.41, 5.74) is 0.00915. The summed E-state index contributed by atoms with van der Waals surface area (Å²) >= 11 is 6.24. The fourth-order valence-corrected chi connectivity index (χ4v) is 7.95. The number of nitrogens with one attached hydrogen (secondary N) is 1. The lowest BCUT2D eigenvalue weighted by Crippen LogP contribution is -2.61. The molecule has 2 aliphatic heterocycles. The maximum atomic E-state index is 15.0. The molecule has 3 fully saturated rings. The predicted octanol–water partition coefficient (Wildman–Crippen LogP) is 4.83. The fourth-order valence-electron chi connectivity index (χ4n) is 7.83. The molecule has 1 aromatic carbocycles. The van der Waals surface area contributed by atoms with Crippen LogP contribution in [0.1, 0.15) is 92.1 Å². The largest absolute Gasteiger partial charge is 0.395 e. The van der Waals surface area contributed by atoms with Gasteiger partial charge in [-0.3, -0.25) is 19.0 Å². The second-order valence-corrected chi connectivity index (χ2v) is 16.0. The number of hydrogen-bond acceptors (Lipinski definition) is 5. The lowest BCUT2D eigenvalue weighted by atomic mass is 9.83. The third-order valence-corrected chi connectivity index (χ3v) is 11.0. The number of rotatable bonds is 8. The lowest BCUT2D eigenvalue weighted by molar-refractivity contribution is -0.840. The molecule has 0 spiro atoms. The molecule has 0 radical (unpaired) electrons. The van der Waals surface area contributed by atoms with Crippen molar-refractivity contribution in [1.82, 2.24) is 15.1 Å². The van der Waals surface area contributed by atoms with Crippen LogP contribution in [0, 0.1) is 17.3 Å². The minimum atomic E-state index is -0.946. The molecule has 246 valence electrons. The van der Waals surface area contributed by atoms with Crippen LogP contribution >= 0.6 is 11.6 Å². The molecule has 2 heterocycles. The van der Waals surface area contributed by atoms with E-state index in [4.69, 9.17) is 11.6 Å². The smallest absolute Gasteiger partial charge is 0.319 e. The lowest BCUT2D eigenvalue weighted by Gasteiger charge is -2.43.